The van der Waals surface area contributed by atoms with E-state index >= 15 is 0 Å². The zero-order valence-corrected chi connectivity index (χ0v) is 16.0. The fourth-order valence-corrected chi connectivity index (χ4v) is 2.62. The van der Waals surface area contributed by atoms with Gasteiger partial charge in [0, 0.05) is 5.69 Å². The number of fused-ring (bicyclic) bond motifs is 1. The van der Waals surface area contributed by atoms with Crippen LogP contribution in [0.1, 0.15) is 12.5 Å². The molecule has 0 fully saturated rings. The average molecular weight is 418 g/mol. The molecule has 0 saturated carbocycles. The SMILES string of the molecule is COc1ccc2cc(C(C)=NOC(=O)Nc3ccc(OC(F)(F)F)cc3)ccc2c1. The molecule has 1 N–H and O–H groups in total. The second-order valence-electron chi connectivity index (χ2n) is 6.18. The second-order valence-corrected chi connectivity index (χ2v) is 6.18. The molecule has 3 aromatic carbocycles. The maximum absolute atomic E-state index is 12.2. The van der Waals surface area contributed by atoms with E-state index in [0.29, 0.717) is 5.71 Å². The minimum absolute atomic E-state index is 0.224. The highest BCUT2D eigenvalue weighted by atomic mass is 19.4. The summed E-state index contributed by atoms with van der Waals surface area (Å²) in [6, 6.07) is 15.9. The zero-order valence-electron chi connectivity index (χ0n) is 16.0. The Morgan fingerprint density at radius 1 is 0.933 bits per heavy atom. The lowest BCUT2D eigenvalue weighted by Gasteiger charge is -2.09. The second kappa shape index (κ2) is 8.73. The third-order valence-electron chi connectivity index (χ3n) is 4.06. The Bertz CT molecular complexity index is 1080. The Morgan fingerprint density at radius 2 is 1.57 bits per heavy atom. The van der Waals surface area contributed by atoms with E-state index in [1.165, 1.54) is 12.1 Å². The number of ether oxygens (including phenoxy) is 2. The fourth-order valence-electron chi connectivity index (χ4n) is 2.62. The van der Waals surface area contributed by atoms with Crippen molar-refractivity contribution in [2.45, 2.75) is 13.3 Å². The molecule has 0 aliphatic carbocycles. The van der Waals surface area contributed by atoms with Crippen molar-refractivity contribution in [3.05, 3.63) is 66.2 Å². The smallest absolute Gasteiger partial charge is 0.497 e. The normalized spacial score (nSPS) is 11.8. The Balaban J connectivity index is 1.62. The number of rotatable bonds is 5. The topological polar surface area (TPSA) is 69.2 Å². The summed E-state index contributed by atoms with van der Waals surface area (Å²) < 4.78 is 45.4. The van der Waals surface area contributed by atoms with E-state index in [1.54, 1.807) is 14.0 Å². The van der Waals surface area contributed by atoms with Crippen LogP contribution in [-0.2, 0) is 4.84 Å². The van der Waals surface area contributed by atoms with Crippen LogP contribution >= 0.6 is 0 Å². The molecule has 0 aliphatic heterocycles. The van der Waals surface area contributed by atoms with Gasteiger partial charge in [0.1, 0.15) is 11.5 Å². The summed E-state index contributed by atoms with van der Waals surface area (Å²) in [6.07, 6.45) is -5.67. The number of alkyl halides is 3. The molecule has 0 spiro atoms. The number of carbonyl (C=O) groups excluding carboxylic acids is 1. The maximum atomic E-state index is 12.2. The molecule has 0 atom stereocenters. The Labute approximate surface area is 169 Å². The van der Waals surface area contributed by atoms with Gasteiger partial charge in [-0.05, 0) is 65.7 Å². The van der Waals surface area contributed by atoms with Crippen molar-refractivity contribution in [3.8, 4) is 11.5 Å². The van der Waals surface area contributed by atoms with Gasteiger partial charge in [-0.3, -0.25) is 10.2 Å². The van der Waals surface area contributed by atoms with Crippen molar-refractivity contribution < 1.29 is 32.3 Å². The van der Waals surface area contributed by atoms with Crippen LogP contribution in [0.15, 0.2) is 65.8 Å². The molecule has 156 valence electrons. The molecule has 0 unspecified atom stereocenters. The number of amides is 1. The van der Waals surface area contributed by atoms with Crippen LogP contribution in [-0.4, -0.2) is 25.3 Å². The van der Waals surface area contributed by atoms with Crippen molar-refractivity contribution >= 4 is 28.3 Å². The highest BCUT2D eigenvalue weighted by Crippen LogP contribution is 2.24. The van der Waals surface area contributed by atoms with Gasteiger partial charge in [0.25, 0.3) is 0 Å². The number of methoxy groups -OCH3 is 1. The van der Waals surface area contributed by atoms with Crippen LogP contribution in [0.4, 0.5) is 23.7 Å². The van der Waals surface area contributed by atoms with Crippen molar-refractivity contribution in [2.24, 2.45) is 5.16 Å². The number of hydrogen-bond donors (Lipinski definition) is 1. The average Bonchev–Trinajstić information content (AvgIpc) is 2.71. The maximum Gasteiger partial charge on any atom is 0.573 e. The molecule has 0 radical (unpaired) electrons. The largest absolute Gasteiger partial charge is 0.573 e. The number of carbonyl (C=O) groups is 1. The first-order valence-electron chi connectivity index (χ1n) is 8.70. The summed E-state index contributed by atoms with van der Waals surface area (Å²) in [6.45, 7) is 1.68. The lowest BCUT2D eigenvalue weighted by molar-refractivity contribution is -0.274. The third-order valence-corrected chi connectivity index (χ3v) is 4.06. The summed E-state index contributed by atoms with van der Waals surface area (Å²) in [5.74, 6) is 0.350. The van der Waals surface area contributed by atoms with Gasteiger partial charge in [0.15, 0.2) is 0 Å². The van der Waals surface area contributed by atoms with Crippen LogP contribution in [0.5, 0.6) is 11.5 Å². The number of hydrogen-bond acceptors (Lipinski definition) is 5. The van der Waals surface area contributed by atoms with Gasteiger partial charge >= 0.3 is 12.5 Å². The Hall–Kier alpha value is -3.75. The van der Waals surface area contributed by atoms with Gasteiger partial charge in [-0.15, -0.1) is 13.2 Å². The van der Waals surface area contributed by atoms with Crippen molar-refractivity contribution in [3.63, 3.8) is 0 Å². The van der Waals surface area contributed by atoms with Crippen LogP contribution < -0.4 is 14.8 Å². The molecule has 3 rings (SSSR count). The monoisotopic (exact) mass is 418 g/mol. The first-order valence-corrected chi connectivity index (χ1v) is 8.70. The summed E-state index contributed by atoms with van der Waals surface area (Å²) in [5.41, 5.74) is 1.45. The van der Waals surface area contributed by atoms with E-state index in [2.05, 4.69) is 15.2 Å². The summed E-state index contributed by atoms with van der Waals surface area (Å²) in [7, 11) is 1.60. The van der Waals surface area contributed by atoms with Gasteiger partial charge in [-0.1, -0.05) is 23.4 Å². The minimum atomic E-state index is -4.78. The molecule has 30 heavy (non-hydrogen) atoms. The number of nitrogens with one attached hydrogen (secondary N) is 1. The molecule has 0 saturated heterocycles. The first kappa shape index (κ1) is 21.0. The lowest BCUT2D eigenvalue weighted by atomic mass is 10.0. The third kappa shape index (κ3) is 5.63. The summed E-state index contributed by atoms with van der Waals surface area (Å²) >= 11 is 0. The zero-order chi connectivity index (χ0) is 21.7. The molecular formula is C21H17F3N2O4. The predicted octanol–water partition coefficient (Wildman–Crippen LogP) is 5.72. The highest BCUT2D eigenvalue weighted by molar-refractivity contribution is 6.02. The molecule has 0 aliphatic rings. The van der Waals surface area contributed by atoms with E-state index in [9.17, 15) is 18.0 Å². The Kier molecular flexibility index (Phi) is 6.10. The molecule has 1 amide bonds. The van der Waals surface area contributed by atoms with Crippen LogP contribution in [0.25, 0.3) is 10.8 Å². The van der Waals surface area contributed by atoms with E-state index < -0.39 is 18.2 Å². The van der Waals surface area contributed by atoms with Gasteiger partial charge < -0.3 is 9.47 Å². The standard InChI is InChI=1S/C21H17F3N2O4/c1-13(14-3-4-16-12-19(28-2)8-5-15(16)11-14)26-30-20(27)25-17-6-9-18(10-7-17)29-21(22,23)24/h3-12H,1-2H3,(H,25,27). The minimum Gasteiger partial charge on any atom is -0.497 e. The first-order chi connectivity index (χ1) is 14.2. The van der Waals surface area contributed by atoms with Crippen LogP contribution in [0.3, 0.4) is 0 Å². The molecular weight excluding hydrogens is 401 g/mol. The van der Waals surface area contributed by atoms with E-state index in [1.807, 2.05) is 36.4 Å². The number of nitrogens with zero attached hydrogens (tertiary/aromatic N) is 1. The van der Waals surface area contributed by atoms with E-state index in [-0.39, 0.29) is 5.69 Å². The molecule has 0 bridgehead atoms. The summed E-state index contributed by atoms with van der Waals surface area (Å²) in [4.78, 5) is 16.7. The lowest BCUT2D eigenvalue weighted by Crippen LogP contribution is -2.17. The number of oxime groups is 1. The van der Waals surface area contributed by atoms with Crippen LogP contribution in [0, 0.1) is 0 Å². The molecule has 6 nitrogen and oxygen atoms in total. The van der Waals surface area contributed by atoms with E-state index in [4.69, 9.17) is 9.57 Å². The molecule has 3 aromatic rings. The van der Waals surface area contributed by atoms with Crippen molar-refractivity contribution in [1.82, 2.24) is 0 Å². The number of benzene rings is 3. The van der Waals surface area contributed by atoms with Crippen LogP contribution in [0.2, 0.25) is 0 Å². The molecule has 0 aromatic heterocycles. The van der Waals surface area contributed by atoms with Gasteiger partial charge in [0.2, 0.25) is 0 Å². The highest BCUT2D eigenvalue weighted by Gasteiger charge is 2.30. The van der Waals surface area contributed by atoms with E-state index in [0.717, 1.165) is 34.2 Å². The van der Waals surface area contributed by atoms with Crippen molar-refractivity contribution in [2.75, 3.05) is 12.4 Å². The predicted molar refractivity (Wildman–Crippen MR) is 106 cm³/mol. The van der Waals surface area contributed by atoms with Crippen molar-refractivity contribution in [1.29, 1.82) is 0 Å². The van der Waals surface area contributed by atoms with Gasteiger partial charge in [-0.2, -0.15) is 0 Å². The number of halogens is 3. The van der Waals surface area contributed by atoms with Gasteiger partial charge in [0.05, 0.1) is 12.8 Å². The fraction of sp³-hybridized carbons (Fsp3) is 0.143. The quantitative estimate of drug-likeness (QED) is 0.327. The summed E-state index contributed by atoms with van der Waals surface area (Å²) in [5, 5.41) is 8.12. The molecule has 0 heterocycles. The Morgan fingerprint density at radius 3 is 2.23 bits per heavy atom. The van der Waals surface area contributed by atoms with Gasteiger partial charge in [-0.25, -0.2) is 4.79 Å². The molecule has 9 heteroatoms. The number of anilines is 1.